The number of H-pyrrole nitrogens is 1. The van der Waals surface area contributed by atoms with Crippen molar-refractivity contribution < 1.29 is 8.83 Å². The second-order valence-electron chi connectivity index (χ2n) is 21.4. The van der Waals surface area contributed by atoms with E-state index in [9.17, 15) is 0 Å². The Bertz CT molecular complexity index is 6080. The Balaban J connectivity index is 0.000000109. The largest absolute Gasteiger partial charge is 0.452 e. The van der Waals surface area contributed by atoms with Gasteiger partial charge in [-0.05, 0) is 106 Å². The molecule has 0 radical (unpaired) electrons. The van der Waals surface area contributed by atoms with Crippen LogP contribution in [0.15, 0.2) is 252 Å². The lowest BCUT2D eigenvalue weighted by Gasteiger charge is -2.10. The van der Waals surface area contributed by atoms with Crippen molar-refractivity contribution in [1.82, 2.24) is 39.5 Å². The molecule has 20 rings (SSSR count). The van der Waals surface area contributed by atoms with Gasteiger partial charge in [0.2, 0.25) is 11.2 Å². The monoisotopic (exact) mass is 1170 g/mol. The first kappa shape index (κ1) is 49.5. The van der Waals surface area contributed by atoms with Gasteiger partial charge in [-0.3, -0.25) is 14.5 Å². The first-order chi connectivity index (χ1) is 43.1. The number of benzene rings is 10. The summed E-state index contributed by atoms with van der Waals surface area (Å²) in [5.74, 6) is 0.609. The van der Waals surface area contributed by atoms with E-state index in [-0.39, 0.29) is 5.28 Å². The Labute approximate surface area is 505 Å². The third-order valence-electron chi connectivity index (χ3n) is 16.6. The summed E-state index contributed by atoms with van der Waals surface area (Å²) in [4.78, 5) is 31.3. The quantitative estimate of drug-likeness (QED) is 0.174. The van der Waals surface area contributed by atoms with Crippen molar-refractivity contribution >= 4 is 184 Å². The van der Waals surface area contributed by atoms with E-state index in [0.717, 1.165) is 60.8 Å². The molecule has 1 N–H and O–H groups in total. The molecule has 0 bridgehead atoms. The van der Waals surface area contributed by atoms with Gasteiger partial charge < -0.3 is 13.8 Å². The van der Waals surface area contributed by atoms with Crippen molar-refractivity contribution in [3.05, 3.63) is 248 Å². The molecule has 0 amide bonds. The number of fused-ring (bicyclic) bond motifs is 26. The number of nitrogens with one attached hydrogen (secondary N) is 1. The number of thiophene rings is 2. The zero-order chi connectivity index (χ0) is 57.3. The van der Waals surface area contributed by atoms with Crippen LogP contribution >= 0.6 is 34.3 Å². The fourth-order valence-corrected chi connectivity index (χ4v) is 15.6. The number of nitrogens with zero attached hydrogens (tertiary/aromatic N) is 7. The summed E-state index contributed by atoms with van der Waals surface area (Å²) in [5.41, 5.74) is 12.1. The Morgan fingerprint density at radius 2 is 0.862 bits per heavy atom. The lowest BCUT2D eigenvalue weighted by atomic mass is 9.99. The molecule has 10 aromatic carbocycles. The average molecular weight is 1170 g/mol. The number of pyridine rings is 2. The summed E-state index contributed by atoms with van der Waals surface area (Å²) in [5, 5.41) is 17.6. The number of halogens is 1. The highest BCUT2D eigenvalue weighted by molar-refractivity contribution is 7.27. The Hall–Kier alpha value is -10.9. The van der Waals surface area contributed by atoms with E-state index in [1.807, 2.05) is 95.6 Å². The molecule has 10 nitrogen and oxygen atoms in total. The van der Waals surface area contributed by atoms with E-state index in [1.54, 1.807) is 18.6 Å². The Kier molecular flexibility index (Phi) is 11.2. The maximum absolute atomic E-state index is 6.39. The summed E-state index contributed by atoms with van der Waals surface area (Å²) >= 11 is 9.77. The third-order valence-corrected chi connectivity index (χ3v) is 19.2. The van der Waals surface area contributed by atoms with E-state index in [4.69, 9.17) is 30.4 Å². The Morgan fingerprint density at radius 1 is 0.391 bits per heavy atom. The minimum absolute atomic E-state index is 0.197. The molecular weight excluding hydrogens is 1130 g/mol. The highest BCUT2D eigenvalue weighted by Gasteiger charge is 2.26. The van der Waals surface area contributed by atoms with Gasteiger partial charge in [-0.2, -0.15) is 0 Å². The molecule has 0 unspecified atom stereocenters. The molecule has 87 heavy (non-hydrogen) atoms. The zero-order valence-corrected chi connectivity index (χ0v) is 48.1. The number of para-hydroxylation sites is 4. The van der Waals surface area contributed by atoms with Crippen molar-refractivity contribution in [3.63, 3.8) is 0 Å². The Morgan fingerprint density at radius 3 is 1.47 bits per heavy atom. The first-order valence-electron chi connectivity index (χ1n) is 28.4. The van der Waals surface area contributed by atoms with E-state index >= 15 is 0 Å². The molecule has 0 fully saturated rings. The van der Waals surface area contributed by atoms with Crippen LogP contribution in [0.25, 0.3) is 178 Å². The van der Waals surface area contributed by atoms with E-state index in [1.165, 1.54) is 94.5 Å². The van der Waals surface area contributed by atoms with Gasteiger partial charge in [0.05, 0.1) is 25.9 Å². The third kappa shape index (κ3) is 7.65. The van der Waals surface area contributed by atoms with Crippen LogP contribution in [-0.2, 0) is 0 Å². The van der Waals surface area contributed by atoms with Gasteiger partial charge in [0.1, 0.15) is 33.6 Å². The predicted octanol–water partition coefficient (Wildman–Crippen LogP) is 21.0. The number of hydrogen-bond acceptors (Lipinski definition) is 10. The number of aromatic nitrogens is 8. The molecule has 10 aromatic heterocycles. The van der Waals surface area contributed by atoms with Gasteiger partial charge in [-0.15, -0.1) is 22.7 Å². The highest BCUT2D eigenvalue weighted by atomic mass is 35.5. The van der Waals surface area contributed by atoms with Crippen LogP contribution in [0.3, 0.4) is 0 Å². The van der Waals surface area contributed by atoms with E-state index in [2.05, 4.69) is 181 Å². The lowest BCUT2D eigenvalue weighted by molar-refractivity contribution is 0.666. The van der Waals surface area contributed by atoms with Crippen molar-refractivity contribution in [1.29, 1.82) is 0 Å². The highest BCUT2D eigenvalue weighted by Crippen LogP contribution is 2.49. The molecule has 13 heteroatoms. The van der Waals surface area contributed by atoms with Gasteiger partial charge >= 0.3 is 0 Å². The van der Waals surface area contributed by atoms with Gasteiger partial charge in [-0.25, -0.2) is 19.9 Å². The van der Waals surface area contributed by atoms with Gasteiger partial charge in [0, 0.05) is 105 Å². The first-order valence-corrected chi connectivity index (χ1v) is 30.4. The standard InChI is InChI=1S/C37H20N4OS.C22H13NS.C15H8ClN3O/c1-2-12-23-22(11-1)30-24-13-3-6-16-27(24)41(34(30)36-31(23)26-15-5-8-18-29(26)43-36)37-39-32(21-10-9-19-38-20-21)35-33(40-37)25-14-4-7-17-28(25)42-35;1-2-8-14-13(7-1)19-15-9-3-5-11-17(15)23-21(19)22-20(14)16-10-4-6-12-18(16)24-22;16-15-18-12(9-4-3-7-17-8-9)14-13(19-15)10-5-1-2-6-11(10)20-14/h1-20H;1-12,23H;1-8H. The molecule has 0 saturated carbocycles. The molecule has 0 aliphatic heterocycles. The smallest absolute Gasteiger partial charge is 0.236 e. The van der Waals surface area contributed by atoms with Crippen molar-refractivity contribution in [2.75, 3.05) is 0 Å². The van der Waals surface area contributed by atoms with Crippen LogP contribution in [0.2, 0.25) is 5.28 Å². The fraction of sp³-hybridized carbons (Fsp3) is 0. The summed E-state index contributed by atoms with van der Waals surface area (Å²) < 4.78 is 19.7. The maximum Gasteiger partial charge on any atom is 0.236 e. The minimum atomic E-state index is 0.197. The van der Waals surface area contributed by atoms with Crippen LogP contribution in [0.4, 0.5) is 0 Å². The van der Waals surface area contributed by atoms with Crippen LogP contribution in [0.5, 0.6) is 0 Å². The van der Waals surface area contributed by atoms with Crippen molar-refractivity contribution in [3.8, 4) is 28.5 Å². The average Bonchev–Trinajstić information content (AvgIpc) is 1.62. The molecular formula is C74H41ClN8O2S2. The van der Waals surface area contributed by atoms with Crippen LogP contribution in [-0.4, -0.2) is 39.5 Å². The minimum Gasteiger partial charge on any atom is -0.452 e. The molecule has 408 valence electrons. The van der Waals surface area contributed by atoms with Crippen LogP contribution < -0.4 is 0 Å². The second kappa shape index (κ2) is 19.6. The number of aromatic amines is 1. The molecule has 0 spiro atoms. The van der Waals surface area contributed by atoms with Gasteiger partial charge in [0.15, 0.2) is 11.2 Å². The molecule has 0 aliphatic rings. The normalized spacial score (nSPS) is 12.0. The number of rotatable bonds is 3. The van der Waals surface area contributed by atoms with E-state index in [0.29, 0.717) is 22.8 Å². The number of hydrogen-bond donors (Lipinski definition) is 1. The molecule has 20 aromatic rings. The molecule has 0 atom stereocenters. The molecule has 0 saturated heterocycles. The van der Waals surface area contributed by atoms with Crippen LogP contribution in [0, 0.1) is 0 Å². The SMILES string of the molecule is Clc1nc(-c2cccnc2)c2oc3ccccc3c2n1.c1ccc2c(c1)[nH]c1c3sc4ccccc4c3c3ccccc3c21.c1cncc(-c2nc(-n3c4ccccc4c4c5ccccc5c5c6ccccc6sc5c43)nc3c2oc2ccccc23)c1. The summed E-state index contributed by atoms with van der Waals surface area (Å²) in [6.45, 7) is 0. The summed E-state index contributed by atoms with van der Waals surface area (Å²) in [6.07, 6.45) is 7.05. The van der Waals surface area contributed by atoms with Gasteiger partial charge in [0.25, 0.3) is 0 Å². The molecule has 0 aliphatic carbocycles. The fourth-order valence-electron chi connectivity index (χ4n) is 13.0. The maximum atomic E-state index is 6.39. The zero-order valence-electron chi connectivity index (χ0n) is 45.7. The number of furan rings is 2. The van der Waals surface area contributed by atoms with Crippen molar-refractivity contribution in [2.24, 2.45) is 0 Å². The second-order valence-corrected chi connectivity index (χ2v) is 23.9. The summed E-state index contributed by atoms with van der Waals surface area (Å²) in [7, 11) is 0. The predicted molar refractivity (Wildman–Crippen MR) is 361 cm³/mol. The lowest BCUT2D eigenvalue weighted by Crippen LogP contribution is -2.03. The van der Waals surface area contributed by atoms with Crippen molar-refractivity contribution in [2.45, 2.75) is 0 Å². The summed E-state index contributed by atoms with van der Waals surface area (Å²) in [6, 6.07) is 75.7. The molecule has 10 heterocycles. The van der Waals surface area contributed by atoms with Gasteiger partial charge in [-0.1, -0.05) is 146 Å². The topological polar surface area (TPSA) is 124 Å². The van der Waals surface area contributed by atoms with E-state index < -0.39 is 0 Å². The van der Waals surface area contributed by atoms with Crippen LogP contribution in [0.1, 0.15) is 0 Å².